The highest BCUT2D eigenvalue weighted by molar-refractivity contribution is 14.0. The summed E-state index contributed by atoms with van der Waals surface area (Å²) in [4.78, 5) is 6.67. The SMILES string of the molecule is CCNC(=NCc1cn(C)nc1C(F)(F)F)NC1CCCN(c2cccc(OC)c2)C1.I. The first kappa shape index (κ1) is 26.1. The monoisotopic (exact) mass is 566 g/mol. The number of piperidine rings is 1. The molecule has 7 nitrogen and oxygen atoms in total. The molecule has 1 fully saturated rings. The highest BCUT2D eigenvalue weighted by Crippen LogP contribution is 2.31. The molecule has 2 N–H and O–H groups in total. The van der Waals surface area contributed by atoms with Gasteiger partial charge in [-0.2, -0.15) is 18.3 Å². The summed E-state index contributed by atoms with van der Waals surface area (Å²) in [6.45, 7) is 4.12. The number of halogens is 4. The number of hydrogen-bond donors (Lipinski definition) is 2. The number of rotatable bonds is 6. The molecule has 32 heavy (non-hydrogen) atoms. The molecule has 11 heteroatoms. The molecule has 1 saturated heterocycles. The molecule has 2 heterocycles. The van der Waals surface area contributed by atoms with Gasteiger partial charge in [-0.05, 0) is 31.9 Å². The van der Waals surface area contributed by atoms with Crippen LogP contribution in [-0.4, -0.2) is 48.5 Å². The van der Waals surface area contributed by atoms with E-state index in [1.54, 1.807) is 7.11 Å². The fraction of sp³-hybridized carbons (Fsp3) is 0.524. The second-order valence-electron chi connectivity index (χ2n) is 7.50. The van der Waals surface area contributed by atoms with E-state index in [-0.39, 0.29) is 42.1 Å². The van der Waals surface area contributed by atoms with Crippen LogP contribution in [0, 0.1) is 0 Å². The Hall–Kier alpha value is -2.18. The molecule has 0 aliphatic carbocycles. The lowest BCUT2D eigenvalue weighted by atomic mass is 10.0. The van der Waals surface area contributed by atoms with Crippen LogP contribution in [0.4, 0.5) is 18.9 Å². The molecule has 3 rings (SSSR count). The maximum absolute atomic E-state index is 13.2. The lowest BCUT2D eigenvalue weighted by Crippen LogP contribution is -2.51. The third-order valence-corrected chi connectivity index (χ3v) is 5.11. The average molecular weight is 566 g/mol. The molecule has 1 aromatic carbocycles. The van der Waals surface area contributed by atoms with Gasteiger partial charge in [0, 0.05) is 56.2 Å². The van der Waals surface area contributed by atoms with E-state index in [0.29, 0.717) is 12.5 Å². The Bertz CT molecular complexity index is 902. The maximum Gasteiger partial charge on any atom is 0.435 e. The Kier molecular flexibility index (Phi) is 9.47. The van der Waals surface area contributed by atoms with Gasteiger partial charge >= 0.3 is 6.18 Å². The molecule has 1 aliphatic heterocycles. The summed E-state index contributed by atoms with van der Waals surface area (Å²) in [6, 6.07) is 8.04. The Balaban J connectivity index is 0.00000363. The van der Waals surface area contributed by atoms with E-state index in [1.165, 1.54) is 17.9 Å². The molecule has 1 aliphatic rings. The summed E-state index contributed by atoms with van der Waals surface area (Å²) < 4.78 is 46.1. The zero-order valence-electron chi connectivity index (χ0n) is 18.4. The average Bonchev–Trinajstić information content (AvgIpc) is 3.13. The first-order chi connectivity index (χ1) is 14.8. The number of aromatic nitrogens is 2. The quantitative estimate of drug-likeness (QED) is 0.317. The second-order valence-corrected chi connectivity index (χ2v) is 7.50. The number of aryl methyl sites for hydroxylation is 1. The van der Waals surface area contributed by atoms with Crippen molar-refractivity contribution in [2.24, 2.45) is 12.0 Å². The second kappa shape index (κ2) is 11.6. The zero-order chi connectivity index (χ0) is 22.4. The number of nitrogens with one attached hydrogen (secondary N) is 2. The Morgan fingerprint density at radius 1 is 1.34 bits per heavy atom. The first-order valence-electron chi connectivity index (χ1n) is 10.3. The van der Waals surface area contributed by atoms with Crippen LogP contribution < -0.4 is 20.3 Å². The van der Waals surface area contributed by atoms with Crippen LogP contribution in [0.25, 0.3) is 0 Å². The summed E-state index contributed by atoms with van der Waals surface area (Å²) in [5.74, 6) is 1.30. The van der Waals surface area contributed by atoms with Crippen LogP contribution in [-0.2, 0) is 19.8 Å². The third-order valence-electron chi connectivity index (χ3n) is 5.11. The van der Waals surface area contributed by atoms with Gasteiger partial charge in [-0.25, -0.2) is 4.99 Å². The van der Waals surface area contributed by atoms with Crippen molar-refractivity contribution in [3.05, 3.63) is 41.7 Å². The van der Waals surface area contributed by atoms with Gasteiger partial charge in [-0.15, -0.1) is 24.0 Å². The largest absolute Gasteiger partial charge is 0.497 e. The lowest BCUT2D eigenvalue weighted by molar-refractivity contribution is -0.142. The standard InChI is InChI=1S/C21H29F3N6O.HI/c1-4-25-20(26-12-15-13-29(2)28-19(15)21(22,23)24)27-16-7-6-10-30(14-16)17-8-5-9-18(11-17)31-3;/h5,8-9,11,13,16H,4,6-7,10,12,14H2,1-3H3,(H2,25,26,27);1H. The van der Waals surface area contributed by atoms with Gasteiger partial charge < -0.3 is 20.3 Å². The first-order valence-corrected chi connectivity index (χ1v) is 10.3. The molecule has 178 valence electrons. The van der Waals surface area contributed by atoms with E-state index in [9.17, 15) is 13.2 Å². The highest BCUT2D eigenvalue weighted by Gasteiger charge is 2.36. The van der Waals surface area contributed by atoms with E-state index < -0.39 is 11.9 Å². The number of methoxy groups -OCH3 is 1. The fourth-order valence-corrected chi connectivity index (χ4v) is 3.71. The number of anilines is 1. The topological polar surface area (TPSA) is 66.7 Å². The minimum Gasteiger partial charge on any atom is -0.497 e. The van der Waals surface area contributed by atoms with Crippen molar-refractivity contribution in [1.29, 1.82) is 0 Å². The number of benzene rings is 1. The van der Waals surface area contributed by atoms with Gasteiger partial charge in [0.1, 0.15) is 5.75 Å². The van der Waals surface area contributed by atoms with Gasteiger partial charge in [0.25, 0.3) is 0 Å². The lowest BCUT2D eigenvalue weighted by Gasteiger charge is -2.35. The number of aliphatic imine (C=N–C) groups is 1. The van der Waals surface area contributed by atoms with E-state index in [1.807, 2.05) is 31.2 Å². The smallest absolute Gasteiger partial charge is 0.435 e. The minimum absolute atomic E-state index is 0. The van der Waals surface area contributed by atoms with Gasteiger partial charge in [0.15, 0.2) is 11.7 Å². The highest BCUT2D eigenvalue weighted by atomic mass is 127. The van der Waals surface area contributed by atoms with E-state index >= 15 is 0 Å². The third kappa shape index (κ3) is 6.91. The Morgan fingerprint density at radius 2 is 2.12 bits per heavy atom. The van der Waals surface area contributed by atoms with Gasteiger partial charge in [-0.3, -0.25) is 4.68 Å². The number of guanidine groups is 1. The van der Waals surface area contributed by atoms with Crippen molar-refractivity contribution in [2.45, 2.75) is 38.5 Å². The van der Waals surface area contributed by atoms with E-state index in [0.717, 1.165) is 37.4 Å². The van der Waals surface area contributed by atoms with Crippen molar-refractivity contribution in [3.8, 4) is 5.75 Å². The van der Waals surface area contributed by atoms with Crippen molar-refractivity contribution in [2.75, 3.05) is 31.6 Å². The molecule has 1 atom stereocenters. The molecule has 0 saturated carbocycles. The molecule has 1 aromatic heterocycles. The molecule has 0 spiro atoms. The molecular formula is C21H30F3IN6O. The number of nitrogens with zero attached hydrogens (tertiary/aromatic N) is 4. The molecule has 0 amide bonds. The van der Waals surface area contributed by atoms with Crippen LogP contribution >= 0.6 is 24.0 Å². The van der Waals surface area contributed by atoms with Gasteiger partial charge in [-0.1, -0.05) is 6.07 Å². The molecule has 0 bridgehead atoms. The van der Waals surface area contributed by atoms with Gasteiger partial charge in [0.05, 0.1) is 13.7 Å². The number of alkyl halides is 3. The number of hydrogen-bond acceptors (Lipinski definition) is 4. The number of ether oxygens (including phenoxy) is 1. The van der Waals surface area contributed by atoms with E-state index in [4.69, 9.17) is 4.74 Å². The molecular weight excluding hydrogens is 536 g/mol. The zero-order valence-corrected chi connectivity index (χ0v) is 20.8. The van der Waals surface area contributed by atoms with Crippen LogP contribution in [0.3, 0.4) is 0 Å². The van der Waals surface area contributed by atoms with Crippen molar-refractivity contribution in [1.82, 2.24) is 20.4 Å². The van der Waals surface area contributed by atoms with Crippen LogP contribution in [0.5, 0.6) is 5.75 Å². The van der Waals surface area contributed by atoms with E-state index in [2.05, 4.69) is 25.6 Å². The fourth-order valence-electron chi connectivity index (χ4n) is 3.71. The minimum atomic E-state index is -4.50. The molecule has 0 radical (unpaired) electrons. The van der Waals surface area contributed by atoms with Crippen LogP contribution in [0.2, 0.25) is 0 Å². The van der Waals surface area contributed by atoms with Crippen LogP contribution in [0.15, 0.2) is 35.5 Å². The maximum atomic E-state index is 13.2. The summed E-state index contributed by atoms with van der Waals surface area (Å²) in [7, 11) is 3.12. The summed E-state index contributed by atoms with van der Waals surface area (Å²) in [6.07, 6.45) is -1.19. The predicted octanol–water partition coefficient (Wildman–Crippen LogP) is 3.79. The van der Waals surface area contributed by atoms with Crippen LogP contribution in [0.1, 0.15) is 31.0 Å². The summed E-state index contributed by atoms with van der Waals surface area (Å²) in [5.41, 5.74) is 0.239. The summed E-state index contributed by atoms with van der Waals surface area (Å²) in [5, 5.41) is 10.1. The molecule has 2 aromatic rings. The van der Waals surface area contributed by atoms with Crippen molar-refractivity contribution in [3.63, 3.8) is 0 Å². The van der Waals surface area contributed by atoms with Crippen molar-refractivity contribution >= 4 is 35.6 Å². The molecule has 1 unspecified atom stereocenters. The van der Waals surface area contributed by atoms with Gasteiger partial charge in [0.2, 0.25) is 0 Å². The Labute approximate surface area is 203 Å². The normalized spacial score (nSPS) is 17.0. The van der Waals surface area contributed by atoms with Crippen molar-refractivity contribution < 1.29 is 17.9 Å². The summed E-state index contributed by atoms with van der Waals surface area (Å²) >= 11 is 0. The Morgan fingerprint density at radius 3 is 2.81 bits per heavy atom. The predicted molar refractivity (Wildman–Crippen MR) is 130 cm³/mol.